The zero-order valence-corrected chi connectivity index (χ0v) is 20.8. The van der Waals surface area contributed by atoms with Crippen LogP contribution in [0.2, 0.25) is 0 Å². The number of halogens is 1. The van der Waals surface area contributed by atoms with E-state index in [1.807, 2.05) is 31.2 Å². The van der Waals surface area contributed by atoms with Gasteiger partial charge in [-0.2, -0.15) is 0 Å². The van der Waals surface area contributed by atoms with E-state index in [1.165, 1.54) is 0 Å². The molecule has 3 aliphatic heterocycles. The van der Waals surface area contributed by atoms with Crippen molar-refractivity contribution < 1.29 is 19.4 Å². The number of anilines is 1. The molecule has 34 heavy (non-hydrogen) atoms. The number of aromatic nitrogens is 1. The van der Waals surface area contributed by atoms with Crippen LogP contribution in [-0.4, -0.2) is 83.7 Å². The topological polar surface area (TPSA) is 97.9 Å². The fourth-order valence-corrected chi connectivity index (χ4v) is 5.64. The van der Waals surface area contributed by atoms with Gasteiger partial charge in [-0.05, 0) is 43.5 Å². The van der Waals surface area contributed by atoms with Crippen LogP contribution in [0.4, 0.5) is 5.69 Å². The first kappa shape index (κ1) is 23.3. The summed E-state index contributed by atoms with van der Waals surface area (Å²) >= 11 is 3.55. The number of carbonyl (C=O) groups is 2. The van der Waals surface area contributed by atoms with E-state index >= 15 is 0 Å². The first-order valence-electron chi connectivity index (χ1n) is 11.7. The minimum absolute atomic E-state index is 0.0654. The van der Waals surface area contributed by atoms with Crippen LogP contribution >= 0.6 is 15.9 Å². The van der Waals surface area contributed by atoms with Crippen LogP contribution in [0.1, 0.15) is 39.3 Å². The Morgan fingerprint density at radius 2 is 1.97 bits per heavy atom. The van der Waals surface area contributed by atoms with Gasteiger partial charge in [0.1, 0.15) is 0 Å². The monoisotopic (exact) mass is 528 g/mol. The normalized spacial score (nSPS) is 20.8. The van der Waals surface area contributed by atoms with Crippen molar-refractivity contribution in [1.29, 1.82) is 0 Å². The van der Waals surface area contributed by atoms with E-state index in [0.29, 0.717) is 44.0 Å². The molecule has 4 heterocycles. The largest absolute Gasteiger partial charge is 0.390 e. The van der Waals surface area contributed by atoms with Crippen LogP contribution in [0, 0.1) is 6.92 Å². The van der Waals surface area contributed by atoms with Gasteiger partial charge in [0.25, 0.3) is 11.8 Å². The highest BCUT2D eigenvalue weighted by Gasteiger charge is 2.31. The van der Waals surface area contributed by atoms with Crippen LogP contribution in [-0.2, 0) is 16.0 Å². The Labute approximate surface area is 207 Å². The minimum atomic E-state index is -0.611. The van der Waals surface area contributed by atoms with E-state index in [1.54, 1.807) is 4.90 Å². The van der Waals surface area contributed by atoms with E-state index in [2.05, 4.69) is 31.1 Å². The summed E-state index contributed by atoms with van der Waals surface area (Å²) in [5, 5.41) is 13.6. The average Bonchev–Trinajstić information content (AvgIpc) is 3.24. The molecule has 2 amide bonds. The number of aliphatic hydroxyl groups excluding tert-OH is 1. The number of aliphatic hydroxyl groups is 1. The maximum atomic E-state index is 13.5. The predicted octanol–water partition coefficient (Wildman–Crippen LogP) is 2.66. The molecule has 5 rings (SSSR count). The summed E-state index contributed by atoms with van der Waals surface area (Å²) in [5.41, 5.74) is 5.31. The van der Waals surface area contributed by atoms with Gasteiger partial charge >= 0.3 is 0 Å². The molecule has 0 spiro atoms. The van der Waals surface area contributed by atoms with Gasteiger partial charge in [0, 0.05) is 54.1 Å². The number of ether oxygens (including phenoxy) is 1. The van der Waals surface area contributed by atoms with E-state index in [4.69, 9.17) is 4.74 Å². The summed E-state index contributed by atoms with van der Waals surface area (Å²) in [5.74, 6) is -0.227. The molecule has 2 aromatic rings. The number of morpholine rings is 1. The van der Waals surface area contributed by atoms with Crippen LogP contribution in [0.5, 0.6) is 0 Å². The highest BCUT2D eigenvalue weighted by atomic mass is 79.9. The summed E-state index contributed by atoms with van der Waals surface area (Å²) in [4.78, 5) is 33.5. The molecule has 9 heteroatoms. The molecule has 0 radical (unpaired) electrons. The molecular formula is C25H29BrN4O4. The third kappa shape index (κ3) is 4.45. The molecule has 1 atom stereocenters. The first-order valence-corrected chi connectivity index (χ1v) is 12.5. The predicted molar refractivity (Wildman–Crippen MR) is 134 cm³/mol. The third-order valence-corrected chi connectivity index (χ3v) is 7.45. The second kappa shape index (κ2) is 9.65. The molecule has 8 nitrogen and oxygen atoms in total. The summed E-state index contributed by atoms with van der Waals surface area (Å²) in [6, 6.07) is 5.67. The number of nitrogens with zero attached hydrogens (tertiary/aromatic N) is 2. The second-order valence-corrected chi connectivity index (χ2v) is 9.97. The van der Waals surface area contributed by atoms with Crippen molar-refractivity contribution >= 4 is 45.1 Å². The molecule has 1 saturated heterocycles. The van der Waals surface area contributed by atoms with E-state index < -0.39 is 6.10 Å². The Hall–Kier alpha value is -2.46. The lowest BCUT2D eigenvalue weighted by Crippen LogP contribution is -2.46. The molecule has 0 aliphatic carbocycles. The zero-order valence-electron chi connectivity index (χ0n) is 19.2. The third-order valence-electron chi connectivity index (χ3n) is 6.79. The van der Waals surface area contributed by atoms with Gasteiger partial charge in [-0.15, -0.1) is 0 Å². The van der Waals surface area contributed by atoms with Gasteiger partial charge in [-0.1, -0.05) is 22.0 Å². The van der Waals surface area contributed by atoms with Crippen molar-refractivity contribution in [1.82, 2.24) is 14.8 Å². The highest BCUT2D eigenvalue weighted by Crippen LogP contribution is 2.39. The fraction of sp³-hybridized carbons (Fsp3) is 0.440. The molecular weight excluding hydrogens is 500 g/mol. The summed E-state index contributed by atoms with van der Waals surface area (Å²) in [6.45, 7) is 6.33. The summed E-state index contributed by atoms with van der Waals surface area (Å²) < 4.78 is 6.22. The van der Waals surface area contributed by atoms with Crippen molar-refractivity contribution in [2.24, 2.45) is 0 Å². The molecule has 3 aliphatic rings. The maximum Gasteiger partial charge on any atom is 0.256 e. The van der Waals surface area contributed by atoms with Gasteiger partial charge < -0.3 is 25.0 Å². The fourth-order valence-electron chi connectivity index (χ4n) is 5.06. The van der Waals surface area contributed by atoms with Crippen LogP contribution in [0.15, 0.2) is 22.7 Å². The molecule has 1 fully saturated rings. The number of aryl methyl sites for hydroxylation is 1. The van der Waals surface area contributed by atoms with E-state index in [-0.39, 0.29) is 11.8 Å². The molecule has 3 N–H and O–H groups in total. The first-order chi connectivity index (χ1) is 16.4. The molecule has 1 unspecified atom stereocenters. The number of H-pyrrole nitrogens is 1. The van der Waals surface area contributed by atoms with E-state index in [0.717, 1.165) is 58.6 Å². The Bertz CT molecular complexity index is 1150. The van der Waals surface area contributed by atoms with Gasteiger partial charge in [-0.25, -0.2) is 0 Å². The molecule has 180 valence electrons. The average molecular weight is 529 g/mol. The van der Waals surface area contributed by atoms with Crippen LogP contribution < -0.4 is 5.32 Å². The quantitative estimate of drug-likeness (QED) is 0.518. The van der Waals surface area contributed by atoms with Crippen molar-refractivity contribution in [3.8, 4) is 0 Å². The highest BCUT2D eigenvalue weighted by molar-refractivity contribution is 9.10. The van der Waals surface area contributed by atoms with Crippen molar-refractivity contribution in [3.63, 3.8) is 0 Å². The zero-order chi connectivity index (χ0) is 23.8. The standard InChI is InChI=1S/C25H29BrN4O4/c1-15-21(12-17-23-18(26)4-2-5-20(23)28-24(17)32)27-19-6-3-7-30(25(33)22(15)19)14-16(31)13-29-8-10-34-11-9-29/h2,4-5,12,16,27,31H,3,6-11,13-14H2,1H3,(H,28,32). The number of β-amino-alcohol motifs (C(OH)–C–C–N with tert-alkyl or cyclic N) is 1. The van der Waals surface area contributed by atoms with Crippen molar-refractivity contribution in [2.45, 2.75) is 25.9 Å². The Kier molecular flexibility index (Phi) is 6.61. The number of hydrogen-bond donors (Lipinski definition) is 3. The second-order valence-electron chi connectivity index (χ2n) is 9.11. The number of nitrogens with one attached hydrogen (secondary N) is 2. The number of fused-ring (bicyclic) bond motifs is 2. The number of carbonyl (C=O) groups excluding carboxylic acids is 2. The Morgan fingerprint density at radius 1 is 1.18 bits per heavy atom. The smallest absolute Gasteiger partial charge is 0.256 e. The van der Waals surface area contributed by atoms with Crippen LogP contribution in [0.3, 0.4) is 0 Å². The number of rotatable bonds is 5. The van der Waals surface area contributed by atoms with Crippen molar-refractivity contribution in [2.75, 3.05) is 51.3 Å². The lowest BCUT2D eigenvalue weighted by molar-refractivity contribution is -0.110. The Balaban J connectivity index is 1.38. The maximum absolute atomic E-state index is 13.5. The lowest BCUT2D eigenvalue weighted by Gasteiger charge is -2.31. The summed E-state index contributed by atoms with van der Waals surface area (Å²) in [6.07, 6.45) is 2.78. The molecule has 0 saturated carbocycles. The lowest BCUT2D eigenvalue weighted by atomic mass is 10.0. The Morgan fingerprint density at radius 3 is 2.76 bits per heavy atom. The number of aromatic amines is 1. The van der Waals surface area contributed by atoms with Gasteiger partial charge in [0.2, 0.25) is 0 Å². The van der Waals surface area contributed by atoms with Gasteiger partial charge in [-0.3, -0.25) is 14.5 Å². The van der Waals surface area contributed by atoms with Gasteiger partial charge in [0.15, 0.2) is 0 Å². The van der Waals surface area contributed by atoms with Crippen molar-refractivity contribution in [3.05, 3.63) is 50.8 Å². The van der Waals surface area contributed by atoms with Crippen LogP contribution in [0.25, 0.3) is 11.6 Å². The SMILES string of the molecule is Cc1c(C=C2C(=O)Nc3cccc(Br)c32)[nH]c2c1C(=O)N(CC(O)CN1CCOCC1)CCC2. The van der Waals surface area contributed by atoms with E-state index in [9.17, 15) is 14.7 Å². The number of amides is 2. The molecule has 0 bridgehead atoms. The number of hydrogen-bond acceptors (Lipinski definition) is 5. The molecule has 1 aromatic carbocycles. The summed E-state index contributed by atoms with van der Waals surface area (Å²) in [7, 11) is 0. The van der Waals surface area contributed by atoms with Gasteiger partial charge in [0.05, 0.1) is 36.1 Å². The number of benzene rings is 1. The minimum Gasteiger partial charge on any atom is -0.390 e. The molecule has 1 aromatic heterocycles.